The molecule has 0 spiro atoms. The number of aliphatic hydroxyl groups excluding tert-OH is 1. The highest BCUT2D eigenvalue weighted by atomic mass is 16.7. The molecule has 1 heterocycles. The fourth-order valence-electron chi connectivity index (χ4n) is 1.29. The summed E-state index contributed by atoms with van der Waals surface area (Å²) in [5, 5.41) is 8.77. The van der Waals surface area contributed by atoms with E-state index in [1.54, 1.807) is 0 Å². The van der Waals surface area contributed by atoms with E-state index in [4.69, 9.17) is 14.6 Å². The maximum absolute atomic E-state index is 8.77. The molecule has 0 unspecified atom stereocenters. The minimum Gasteiger partial charge on any atom is -0.394 e. The Kier molecular flexibility index (Phi) is 4.58. The van der Waals surface area contributed by atoms with Crippen LogP contribution in [0.4, 0.5) is 0 Å². The van der Waals surface area contributed by atoms with Crippen LogP contribution >= 0.6 is 0 Å². The number of rotatable bonds is 5. The van der Waals surface area contributed by atoms with Gasteiger partial charge in [-0.05, 0) is 12.8 Å². The number of aliphatic hydroxyl groups is 1. The predicted octanol–water partition coefficient (Wildman–Crippen LogP) is 1.30. The predicted molar refractivity (Wildman–Crippen MR) is 45.8 cm³/mol. The van der Waals surface area contributed by atoms with Gasteiger partial charge in [0.2, 0.25) is 0 Å². The van der Waals surface area contributed by atoms with Crippen molar-refractivity contribution in [1.29, 1.82) is 0 Å². The SMILES string of the molecule is CCCCO[C@H]1CC[C@@H](CO)O1. The van der Waals surface area contributed by atoms with Crippen molar-refractivity contribution in [3.05, 3.63) is 0 Å². The second kappa shape index (κ2) is 5.51. The molecule has 1 aliphatic rings. The van der Waals surface area contributed by atoms with Crippen molar-refractivity contribution < 1.29 is 14.6 Å². The lowest BCUT2D eigenvalue weighted by molar-refractivity contribution is -0.140. The molecular weight excluding hydrogens is 156 g/mol. The van der Waals surface area contributed by atoms with E-state index in [2.05, 4.69) is 6.92 Å². The summed E-state index contributed by atoms with van der Waals surface area (Å²) in [6.45, 7) is 3.03. The molecule has 1 saturated heterocycles. The maximum Gasteiger partial charge on any atom is 0.158 e. The average molecular weight is 174 g/mol. The van der Waals surface area contributed by atoms with E-state index in [1.165, 1.54) is 0 Å². The Bertz CT molecular complexity index is 116. The Hall–Kier alpha value is -0.120. The van der Waals surface area contributed by atoms with Crippen molar-refractivity contribution in [2.75, 3.05) is 13.2 Å². The van der Waals surface area contributed by atoms with Crippen LogP contribution in [0.3, 0.4) is 0 Å². The van der Waals surface area contributed by atoms with Crippen molar-refractivity contribution >= 4 is 0 Å². The van der Waals surface area contributed by atoms with Gasteiger partial charge in [-0.2, -0.15) is 0 Å². The van der Waals surface area contributed by atoms with Crippen LogP contribution in [-0.2, 0) is 9.47 Å². The summed E-state index contributed by atoms with van der Waals surface area (Å²) in [4.78, 5) is 0. The third-order valence-electron chi connectivity index (χ3n) is 2.07. The van der Waals surface area contributed by atoms with Gasteiger partial charge in [0.05, 0.1) is 12.7 Å². The zero-order valence-electron chi connectivity index (χ0n) is 7.66. The Morgan fingerprint density at radius 1 is 1.50 bits per heavy atom. The number of ether oxygens (including phenoxy) is 2. The van der Waals surface area contributed by atoms with E-state index in [1.807, 2.05) is 0 Å². The van der Waals surface area contributed by atoms with Gasteiger partial charge in [-0.3, -0.25) is 0 Å². The highest BCUT2D eigenvalue weighted by Crippen LogP contribution is 2.20. The van der Waals surface area contributed by atoms with Crippen LogP contribution in [0.1, 0.15) is 32.6 Å². The second-order valence-corrected chi connectivity index (χ2v) is 3.17. The molecule has 0 radical (unpaired) electrons. The summed E-state index contributed by atoms with van der Waals surface area (Å²) in [5.41, 5.74) is 0. The molecule has 0 aromatic rings. The molecule has 0 aromatic carbocycles. The van der Waals surface area contributed by atoms with Crippen LogP contribution in [0.25, 0.3) is 0 Å². The summed E-state index contributed by atoms with van der Waals surface area (Å²) in [6.07, 6.45) is 4.03. The molecule has 3 heteroatoms. The quantitative estimate of drug-likeness (QED) is 0.638. The van der Waals surface area contributed by atoms with Gasteiger partial charge in [-0.1, -0.05) is 13.3 Å². The lowest BCUT2D eigenvalue weighted by Crippen LogP contribution is -2.17. The molecule has 0 saturated carbocycles. The topological polar surface area (TPSA) is 38.7 Å². The van der Waals surface area contributed by atoms with E-state index in [-0.39, 0.29) is 19.0 Å². The first-order valence-corrected chi connectivity index (χ1v) is 4.74. The van der Waals surface area contributed by atoms with E-state index in [0.29, 0.717) is 0 Å². The molecule has 3 nitrogen and oxygen atoms in total. The van der Waals surface area contributed by atoms with Crippen molar-refractivity contribution in [3.63, 3.8) is 0 Å². The second-order valence-electron chi connectivity index (χ2n) is 3.17. The Labute approximate surface area is 73.7 Å². The van der Waals surface area contributed by atoms with Crippen LogP contribution in [0.15, 0.2) is 0 Å². The third-order valence-corrected chi connectivity index (χ3v) is 2.07. The fourth-order valence-corrected chi connectivity index (χ4v) is 1.29. The molecule has 72 valence electrons. The van der Waals surface area contributed by atoms with E-state index < -0.39 is 0 Å². The van der Waals surface area contributed by atoms with Crippen LogP contribution in [0, 0.1) is 0 Å². The van der Waals surface area contributed by atoms with Gasteiger partial charge in [0.1, 0.15) is 0 Å². The summed E-state index contributed by atoms with van der Waals surface area (Å²) in [6, 6.07) is 0. The van der Waals surface area contributed by atoms with Crippen molar-refractivity contribution in [2.24, 2.45) is 0 Å². The molecule has 0 aromatic heterocycles. The molecule has 2 atom stereocenters. The summed E-state index contributed by atoms with van der Waals surface area (Å²) < 4.78 is 10.8. The third kappa shape index (κ3) is 3.09. The van der Waals surface area contributed by atoms with Gasteiger partial charge in [-0.15, -0.1) is 0 Å². The first kappa shape index (κ1) is 9.96. The van der Waals surface area contributed by atoms with Crippen LogP contribution in [-0.4, -0.2) is 30.7 Å². The summed E-state index contributed by atoms with van der Waals surface area (Å²) in [5.74, 6) is 0. The summed E-state index contributed by atoms with van der Waals surface area (Å²) >= 11 is 0. The Balaban J connectivity index is 2.03. The zero-order valence-corrected chi connectivity index (χ0v) is 7.66. The number of hydrogen-bond donors (Lipinski definition) is 1. The zero-order chi connectivity index (χ0) is 8.81. The minimum absolute atomic E-state index is 0.0108. The molecule has 1 N–H and O–H groups in total. The molecule has 0 aliphatic carbocycles. The molecular formula is C9H18O3. The lowest BCUT2D eigenvalue weighted by Gasteiger charge is -2.12. The molecule has 0 bridgehead atoms. The molecule has 1 aliphatic heterocycles. The van der Waals surface area contributed by atoms with Gasteiger partial charge in [-0.25, -0.2) is 0 Å². The van der Waals surface area contributed by atoms with E-state index in [9.17, 15) is 0 Å². The largest absolute Gasteiger partial charge is 0.394 e. The van der Waals surface area contributed by atoms with Crippen molar-refractivity contribution in [2.45, 2.75) is 45.0 Å². The van der Waals surface area contributed by atoms with Gasteiger partial charge in [0.25, 0.3) is 0 Å². The van der Waals surface area contributed by atoms with Gasteiger partial charge >= 0.3 is 0 Å². The first-order chi connectivity index (χ1) is 5.86. The average Bonchev–Trinajstić information content (AvgIpc) is 2.53. The van der Waals surface area contributed by atoms with Gasteiger partial charge < -0.3 is 14.6 Å². The lowest BCUT2D eigenvalue weighted by atomic mass is 10.2. The first-order valence-electron chi connectivity index (χ1n) is 4.74. The molecule has 0 amide bonds. The van der Waals surface area contributed by atoms with Crippen LogP contribution in [0.5, 0.6) is 0 Å². The number of unbranched alkanes of at least 4 members (excludes halogenated alkanes) is 1. The normalized spacial score (nSPS) is 29.5. The van der Waals surface area contributed by atoms with Crippen molar-refractivity contribution in [1.82, 2.24) is 0 Å². The maximum atomic E-state index is 8.77. The van der Waals surface area contributed by atoms with E-state index in [0.717, 1.165) is 32.3 Å². The molecule has 12 heavy (non-hydrogen) atoms. The Morgan fingerprint density at radius 2 is 2.33 bits per heavy atom. The van der Waals surface area contributed by atoms with Crippen LogP contribution in [0.2, 0.25) is 0 Å². The van der Waals surface area contributed by atoms with Gasteiger partial charge in [0, 0.05) is 13.0 Å². The Morgan fingerprint density at radius 3 is 2.92 bits per heavy atom. The monoisotopic (exact) mass is 174 g/mol. The number of hydrogen-bond acceptors (Lipinski definition) is 3. The van der Waals surface area contributed by atoms with Crippen LogP contribution < -0.4 is 0 Å². The molecule has 1 rings (SSSR count). The highest BCUT2D eigenvalue weighted by Gasteiger charge is 2.24. The standard InChI is InChI=1S/C9H18O3/c1-2-3-6-11-9-5-4-8(7-10)12-9/h8-10H,2-7H2,1H3/t8-,9+/m0/s1. The molecule has 1 fully saturated rings. The summed E-state index contributed by atoms with van der Waals surface area (Å²) in [7, 11) is 0. The fraction of sp³-hybridized carbons (Fsp3) is 1.00. The smallest absolute Gasteiger partial charge is 0.158 e. The van der Waals surface area contributed by atoms with E-state index >= 15 is 0 Å². The van der Waals surface area contributed by atoms with Gasteiger partial charge in [0.15, 0.2) is 6.29 Å². The van der Waals surface area contributed by atoms with Crippen molar-refractivity contribution in [3.8, 4) is 0 Å². The highest BCUT2D eigenvalue weighted by molar-refractivity contribution is 4.66. The minimum atomic E-state index is -0.0614.